The van der Waals surface area contributed by atoms with Crippen LogP contribution in [0.15, 0.2) is 18.2 Å². The fourth-order valence-electron chi connectivity index (χ4n) is 2.07. The van der Waals surface area contributed by atoms with Crippen molar-refractivity contribution < 1.29 is 19.1 Å². The minimum atomic E-state index is -0.135. The molecule has 0 aliphatic carbocycles. The maximum atomic E-state index is 11.9. The number of nitrogens with one attached hydrogen (secondary N) is 1. The Morgan fingerprint density at radius 1 is 1.18 bits per heavy atom. The van der Waals surface area contributed by atoms with Crippen LogP contribution in [0.3, 0.4) is 0 Å². The van der Waals surface area contributed by atoms with E-state index >= 15 is 0 Å². The molecule has 1 rings (SSSR count). The van der Waals surface area contributed by atoms with Gasteiger partial charge in [-0.25, -0.2) is 0 Å². The van der Waals surface area contributed by atoms with Crippen LogP contribution in [0.2, 0.25) is 0 Å². The first-order valence-electron chi connectivity index (χ1n) is 7.18. The van der Waals surface area contributed by atoms with Crippen LogP contribution in [0, 0.1) is 0 Å². The third-order valence-electron chi connectivity index (χ3n) is 3.07. The summed E-state index contributed by atoms with van der Waals surface area (Å²) in [4.78, 5) is 25.1. The van der Waals surface area contributed by atoms with Crippen LogP contribution in [0.1, 0.15) is 27.2 Å². The molecule has 1 N–H and O–H groups in total. The second kappa shape index (κ2) is 8.26. The van der Waals surface area contributed by atoms with Crippen molar-refractivity contribution in [3.63, 3.8) is 0 Å². The normalized spacial score (nSPS) is 10.3. The summed E-state index contributed by atoms with van der Waals surface area (Å²) in [5.41, 5.74) is 0.669. The Labute approximate surface area is 131 Å². The molecule has 122 valence electrons. The van der Waals surface area contributed by atoms with Crippen LogP contribution >= 0.6 is 0 Å². The van der Waals surface area contributed by atoms with Gasteiger partial charge in [0.05, 0.1) is 14.2 Å². The second-order valence-electron chi connectivity index (χ2n) is 5.18. The number of methoxy groups -OCH3 is 2. The number of hydrogen-bond donors (Lipinski definition) is 1. The van der Waals surface area contributed by atoms with E-state index in [2.05, 4.69) is 5.32 Å². The number of hydrogen-bond acceptors (Lipinski definition) is 4. The Morgan fingerprint density at radius 3 is 2.32 bits per heavy atom. The summed E-state index contributed by atoms with van der Waals surface area (Å²) in [6, 6.07) is 5.31. The van der Waals surface area contributed by atoms with Crippen molar-refractivity contribution in [1.82, 2.24) is 5.32 Å². The molecule has 0 atom stereocenters. The summed E-state index contributed by atoms with van der Waals surface area (Å²) >= 11 is 0. The SMILES string of the molecule is COc1ccc(N(CCC(=O)NC(C)C)C(C)=O)cc1OC. The van der Waals surface area contributed by atoms with E-state index in [4.69, 9.17) is 9.47 Å². The Hall–Kier alpha value is -2.24. The first-order chi connectivity index (χ1) is 10.4. The van der Waals surface area contributed by atoms with Crippen molar-refractivity contribution in [2.24, 2.45) is 0 Å². The van der Waals surface area contributed by atoms with Crippen LogP contribution in [0.25, 0.3) is 0 Å². The zero-order valence-electron chi connectivity index (χ0n) is 13.8. The van der Waals surface area contributed by atoms with Gasteiger partial charge in [-0.15, -0.1) is 0 Å². The predicted octanol–water partition coefficient (Wildman–Crippen LogP) is 1.97. The van der Waals surface area contributed by atoms with E-state index in [9.17, 15) is 9.59 Å². The molecule has 0 heterocycles. The van der Waals surface area contributed by atoms with Gasteiger partial charge in [0.1, 0.15) is 0 Å². The number of anilines is 1. The van der Waals surface area contributed by atoms with Crippen molar-refractivity contribution in [1.29, 1.82) is 0 Å². The van der Waals surface area contributed by atoms with Gasteiger partial charge in [0.15, 0.2) is 11.5 Å². The summed E-state index contributed by atoms with van der Waals surface area (Å²) in [5, 5.41) is 2.81. The average molecular weight is 308 g/mol. The quantitative estimate of drug-likeness (QED) is 0.836. The van der Waals surface area contributed by atoms with Gasteiger partial charge in [-0.3, -0.25) is 9.59 Å². The minimum absolute atomic E-state index is 0.0817. The fourth-order valence-corrected chi connectivity index (χ4v) is 2.07. The van der Waals surface area contributed by atoms with Crippen molar-refractivity contribution in [2.75, 3.05) is 25.7 Å². The molecule has 22 heavy (non-hydrogen) atoms. The van der Waals surface area contributed by atoms with Gasteiger partial charge in [-0.2, -0.15) is 0 Å². The van der Waals surface area contributed by atoms with Crippen molar-refractivity contribution >= 4 is 17.5 Å². The van der Waals surface area contributed by atoms with Gasteiger partial charge in [0.2, 0.25) is 11.8 Å². The first kappa shape index (κ1) is 17.8. The van der Waals surface area contributed by atoms with Gasteiger partial charge in [-0.05, 0) is 26.0 Å². The van der Waals surface area contributed by atoms with Crippen LogP contribution in [-0.2, 0) is 9.59 Å². The van der Waals surface area contributed by atoms with E-state index in [-0.39, 0.29) is 24.3 Å². The van der Waals surface area contributed by atoms with Gasteiger partial charge in [0, 0.05) is 37.7 Å². The Morgan fingerprint density at radius 2 is 1.82 bits per heavy atom. The molecule has 0 aliphatic rings. The number of amides is 2. The molecule has 0 radical (unpaired) electrons. The maximum absolute atomic E-state index is 11.9. The highest BCUT2D eigenvalue weighted by molar-refractivity contribution is 5.92. The van der Waals surface area contributed by atoms with Crippen LogP contribution < -0.4 is 19.7 Å². The van der Waals surface area contributed by atoms with Gasteiger partial charge < -0.3 is 19.7 Å². The van der Waals surface area contributed by atoms with Crippen LogP contribution in [0.4, 0.5) is 5.69 Å². The summed E-state index contributed by atoms with van der Waals surface area (Å²) in [7, 11) is 3.09. The zero-order valence-corrected chi connectivity index (χ0v) is 13.8. The molecule has 0 aliphatic heterocycles. The molecule has 6 nitrogen and oxygen atoms in total. The van der Waals surface area contributed by atoms with E-state index in [0.29, 0.717) is 23.7 Å². The van der Waals surface area contributed by atoms with Gasteiger partial charge >= 0.3 is 0 Å². The van der Waals surface area contributed by atoms with E-state index in [1.807, 2.05) is 13.8 Å². The molecule has 0 bridgehead atoms. The molecule has 2 amide bonds. The Balaban J connectivity index is 2.87. The number of ether oxygens (including phenoxy) is 2. The molecular formula is C16H24N2O4. The molecular weight excluding hydrogens is 284 g/mol. The lowest BCUT2D eigenvalue weighted by atomic mass is 10.2. The number of carbonyl (C=O) groups is 2. The highest BCUT2D eigenvalue weighted by Crippen LogP contribution is 2.31. The van der Waals surface area contributed by atoms with E-state index in [0.717, 1.165) is 0 Å². The molecule has 0 saturated heterocycles. The average Bonchev–Trinajstić information content (AvgIpc) is 2.46. The molecule has 0 spiro atoms. The van der Waals surface area contributed by atoms with Gasteiger partial charge in [0.25, 0.3) is 0 Å². The predicted molar refractivity (Wildman–Crippen MR) is 85.5 cm³/mol. The number of nitrogens with zero attached hydrogens (tertiary/aromatic N) is 1. The van der Waals surface area contributed by atoms with E-state index < -0.39 is 0 Å². The lowest BCUT2D eigenvalue weighted by molar-refractivity contribution is -0.121. The summed E-state index contributed by atoms with van der Waals surface area (Å²) in [5.74, 6) is 0.913. The second-order valence-corrected chi connectivity index (χ2v) is 5.18. The monoisotopic (exact) mass is 308 g/mol. The van der Waals surface area contributed by atoms with Crippen LogP contribution in [0.5, 0.6) is 11.5 Å². The number of benzene rings is 1. The molecule has 0 fully saturated rings. The van der Waals surface area contributed by atoms with Crippen molar-refractivity contribution in [3.8, 4) is 11.5 Å². The maximum Gasteiger partial charge on any atom is 0.223 e. The largest absolute Gasteiger partial charge is 0.493 e. The standard InChI is InChI=1S/C16H24N2O4/c1-11(2)17-16(20)8-9-18(12(3)19)13-6-7-14(21-4)15(10-13)22-5/h6-7,10-11H,8-9H2,1-5H3,(H,17,20). The minimum Gasteiger partial charge on any atom is -0.493 e. The van der Waals surface area contributed by atoms with Crippen molar-refractivity contribution in [2.45, 2.75) is 33.2 Å². The molecule has 1 aromatic rings. The van der Waals surface area contributed by atoms with E-state index in [1.54, 1.807) is 30.2 Å². The van der Waals surface area contributed by atoms with Crippen molar-refractivity contribution in [3.05, 3.63) is 18.2 Å². The topological polar surface area (TPSA) is 67.9 Å². The molecule has 0 unspecified atom stereocenters. The number of carbonyl (C=O) groups excluding carboxylic acids is 2. The number of rotatable bonds is 7. The van der Waals surface area contributed by atoms with E-state index in [1.165, 1.54) is 14.0 Å². The highest BCUT2D eigenvalue weighted by Gasteiger charge is 2.16. The summed E-state index contributed by atoms with van der Waals surface area (Å²) in [6.07, 6.45) is 0.242. The molecule has 1 aromatic carbocycles. The van der Waals surface area contributed by atoms with Crippen LogP contribution in [-0.4, -0.2) is 38.6 Å². The first-order valence-corrected chi connectivity index (χ1v) is 7.18. The Kier molecular flexibility index (Phi) is 6.69. The lowest BCUT2D eigenvalue weighted by Gasteiger charge is -2.22. The molecule has 6 heteroatoms. The molecule has 0 saturated carbocycles. The Bertz CT molecular complexity index is 529. The van der Waals surface area contributed by atoms with Gasteiger partial charge in [-0.1, -0.05) is 0 Å². The summed E-state index contributed by atoms with van der Waals surface area (Å²) in [6.45, 7) is 5.57. The molecule has 0 aromatic heterocycles. The third-order valence-corrected chi connectivity index (χ3v) is 3.07. The summed E-state index contributed by atoms with van der Waals surface area (Å²) < 4.78 is 10.4. The lowest BCUT2D eigenvalue weighted by Crippen LogP contribution is -2.36. The fraction of sp³-hybridized carbons (Fsp3) is 0.500. The zero-order chi connectivity index (χ0) is 16.7. The smallest absolute Gasteiger partial charge is 0.223 e. The highest BCUT2D eigenvalue weighted by atomic mass is 16.5. The third kappa shape index (κ3) is 4.95.